The highest BCUT2D eigenvalue weighted by Gasteiger charge is 2.26. The van der Waals surface area contributed by atoms with Crippen molar-refractivity contribution in [3.63, 3.8) is 0 Å². The number of ether oxygens (including phenoxy) is 1. The lowest BCUT2D eigenvalue weighted by atomic mass is 9.93. The van der Waals surface area contributed by atoms with Crippen molar-refractivity contribution in [3.8, 4) is 16.9 Å². The van der Waals surface area contributed by atoms with Crippen LogP contribution in [0.3, 0.4) is 0 Å². The van der Waals surface area contributed by atoms with Gasteiger partial charge in [0.25, 0.3) is 0 Å². The number of hydrogen-bond acceptors (Lipinski definition) is 2. The number of benzene rings is 2. The molecule has 0 amide bonds. The zero-order valence-electron chi connectivity index (χ0n) is 11.7. The van der Waals surface area contributed by atoms with Gasteiger partial charge in [0.15, 0.2) is 0 Å². The fourth-order valence-electron chi connectivity index (χ4n) is 2.95. The minimum Gasteiger partial charge on any atom is -0.488 e. The second-order valence-corrected chi connectivity index (χ2v) is 5.82. The van der Waals surface area contributed by atoms with Crippen molar-refractivity contribution in [1.29, 1.82) is 0 Å². The van der Waals surface area contributed by atoms with Crippen LogP contribution in [0.5, 0.6) is 5.75 Å². The minimum absolute atomic E-state index is 0.0616. The smallest absolute Gasteiger partial charge is 0.131 e. The molecule has 1 heterocycles. The Hall–Kier alpha value is -1.51. The van der Waals surface area contributed by atoms with Crippen LogP contribution in [0, 0.1) is 13.8 Å². The molecule has 2 aromatic rings. The van der Waals surface area contributed by atoms with E-state index in [1.54, 1.807) is 0 Å². The van der Waals surface area contributed by atoms with E-state index in [1.165, 1.54) is 16.7 Å². The lowest BCUT2D eigenvalue weighted by molar-refractivity contribution is 0.242. The topological polar surface area (TPSA) is 35.2 Å². The first-order chi connectivity index (χ1) is 9.60. The van der Waals surface area contributed by atoms with Crippen LogP contribution in [0.4, 0.5) is 0 Å². The molecule has 20 heavy (non-hydrogen) atoms. The third kappa shape index (κ3) is 2.19. The van der Waals surface area contributed by atoms with Gasteiger partial charge in [-0.1, -0.05) is 29.8 Å². The number of hydrogen-bond donors (Lipinski definition) is 1. The summed E-state index contributed by atoms with van der Waals surface area (Å²) in [5.74, 6) is 0.947. The number of fused-ring (bicyclic) bond motifs is 1. The number of rotatable bonds is 2. The molecule has 1 atom stereocenters. The van der Waals surface area contributed by atoms with Crippen molar-refractivity contribution in [2.45, 2.75) is 26.4 Å². The Bertz CT molecular complexity index is 646. The Kier molecular flexibility index (Phi) is 3.45. The Morgan fingerprint density at radius 1 is 1.25 bits per heavy atom. The molecule has 2 aromatic carbocycles. The van der Waals surface area contributed by atoms with Crippen LogP contribution >= 0.6 is 11.6 Å². The van der Waals surface area contributed by atoms with Crippen LogP contribution in [0.25, 0.3) is 11.1 Å². The third-order valence-electron chi connectivity index (χ3n) is 3.88. The average molecular weight is 288 g/mol. The average Bonchev–Trinajstić information content (AvgIpc) is 2.81. The fraction of sp³-hybridized carbons (Fsp3) is 0.294. The van der Waals surface area contributed by atoms with Crippen LogP contribution in [0.2, 0.25) is 5.02 Å². The molecule has 1 aliphatic rings. The van der Waals surface area contributed by atoms with Crippen molar-refractivity contribution >= 4 is 11.6 Å². The summed E-state index contributed by atoms with van der Waals surface area (Å²) in [4.78, 5) is 0. The van der Waals surface area contributed by atoms with Crippen molar-refractivity contribution < 1.29 is 4.74 Å². The minimum atomic E-state index is 0.0616. The Morgan fingerprint density at radius 3 is 2.60 bits per heavy atom. The van der Waals surface area contributed by atoms with Crippen molar-refractivity contribution in [1.82, 2.24) is 0 Å². The van der Waals surface area contributed by atoms with E-state index in [1.807, 2.05) is 12.1 Å². The summed E-state index contributed by atoms with van der Waals surface area (Å²) >= 11 is 6.29. The maximum Gasteiger partial charge on any atom is 0.131 e. The molecule has 0 aliphatic carbocycles. The van der Waals surface area contributed by atoms with Gasteiger partial charge in [0.2, 0.25) is 0 Å². The Morgan fingerprint density at radius 2 is 1.95 bits per heavy atom. The van der Waals surface area contributed by atoms with E-state index >= 15 is 0 Å². The molecule has 2 nitrogen and oxygen atoms in total. The van der Waals surface area contributed by atoms with Gasteiger partial charge in [-0.05, 0) is 48.2 Å². The van der Waals surface area contributed by atoms with E-state index < -0.39 is 0 Å². The summed E-state index contributed by atoms with van der Waals surface area (Å²) in [5, 5.41) is 0.752. The van der Waals surface area contributed by atoms with E-state index in [0.29, 0.717) is 6.54 Å². The summed E-state index contributed by atoms with van der Waals surface area (Å²) in [7, 11) is 0. The highest BCUT2D eigenvalue weighted by Crippen LogP contribution is 2.43. The molecule has 3 heteroatoms. The summed E-state index contributed by atoms with van der Waals surface area (Å²) < 4.78 is 6.02. The van der Waals surface area contributed by atoms with E-state index in [0.717, 1.165) is 28.3 Å². The molecule has 3 rings (SSSR count). The molecule has 0 unspecified atom stereocenters. The molecule has 2 N–H and O–H groups in total. The normalized spacial score (nSPS) is 16.9. The van der Waals surface area contributed by atoms with Crippen LogP contribution < -0.4 is 10.5 Å². The standard InChI is InChI=1S/C17H18ClNO/c1-10-4-3-5-11(2)16(10)15-8-13(18)6-12-7-14(9-19)20-17(12)15/h3-6,8,14H,7,9,19H2,1-2H3/t14-/m1/s1. The fourth-order valence-corrected chi connectivity index (χ4v) is 3.19. The molecular weight excluding hydrogens is 270 g/mol. The lowest BCUT2D eigenvalue weighted by Crippen LogP contribution is -2.24. The molecule has 0 spiro atoms. The van der Waals surface area contributed by atoms with Crippen LogP contribution in [-0.4, -0.2) is 12.6 Å². The van der Waals surface area contributed by atoms with Crippen LogP contribution in [0.15, 0.2) is 30.3 Å². The zero-order valence-corrected chi connectivity index (χ0v) is 12.5. The highest BCUT2D eigenvalue weighted by atomic mass is 35.5. The molecule has 0 radical (unpaired) electrons. The first-order valence-electron chi connectivity index (χ1n) is 6.86. The molecule has 0 bridgehead atoms. The molecular formula is C17H18ClNO. The van der Waals surface area contributed by atoms with Crippen molar-refractivity contribution in [2.75, 3.05) is 6.54 Å². The van der Waals surface area contributed by atoms with Gasteiger partial charge in [0.1, 0.15) is 11.9 Å². The van der Waals surface area contributed by atoms with Gasteiger partial charge in [-0.15, -0.1) is 0 Å². The van der Waals surface area contributed by atoms with E-state index in [2.05, 4.69) is 32.0 Å². The first-order valence-corrected chi connectivity index (χ1v) is 7.23. The van der Waals surface area contributed by atoms with Gasteiger partial charge in [-0.2, -0.15) is 0 Å². The molecule has 0 saturated carbocycles. The van der Waals surface area contributed by atoms with Gasteiger partial charge in [-0.25, -0.2) is 0 Å². The van der Waals surface area contributed by atoms with Gasteiger partial charge in [-0.3, -0.25) is 0 Å². The SMILES string of the molecule is Cc1cccc(C)c1-c1cc(Cl)cc2c1O[C@@H](CN)C2. The molecule has 104 valence electrons. The summed E-state index contributed by atoms with van der Waals surface area (Å²) in [6.07, 6.45) is 0.899. The number of aryl methyl sites for hydroxylation is 2. The van der Waals surface area contributed by atoms with E-state index in [4.69, 9.17) is 22.1 Å². The first kappa shape index (κ1) is 13.5. The second kappa shape index (κ2) is 5.12. The summed E-state index contributed by atoms with van der Waals surface area (Å²) in [6.45, 7) is 4.76. The molecule has 0 fully saturated rings. The van der Waals surface area contributed by atoms with Gasteiger partial charge in [0, 0.05) is 23.6 Å². The van der Waals surface area contributed by atoms with Gasteiger partial charge < -0.3 is 10.5 Å². The van der Waals surface area contributed by atoms with Gasteiger partial charge >= 0.3 is 0 Å². The zero-order chi connectivity index (χ0) is 14.3. The maximum absolute atomic E-state index is 6.29. The van der Waals surface area contributed by atoms with Crippen LogP contribution in [-0.2, 0) is 6.42 Å². The predicted molar refractivity (Wildman–Crippen MR) is 83.5 cm³/mol. The number of nitrogens with two attached hydrogens (primary N) is 1. The molecule has 1 aliphatic heterocycles. The van der Waals surface area contributed by atoms with Gasteiger partial charge in [0.05, 0.1) is 0 Å². The van der Waals surface area contributed by atoms with E-state index in [-0.39, 0.29) is 6.10 Å². The van der Waals surface area contributed by atoms with Crippen LogP contribution in [0.1, 0.15) is 16.7 Å². The van der Waals surface area contributed by atoms with Crippen molar-refractivity contribution in [3.05, 3.63) is 52.0 Å². The quantitative estimate of drug-likeness (QED) is 0.909. The maximum atomic E-state index is 6.29. The highest BCUT2D eigenvalue weighted by molar-refractivity contribution is 6.31. The predicted octanol–water partition coefficient (Wildman–Crippen LogP) is 3.89. The number of halogens is 1. The molecule has 0 aromatic heterocycles. The molecule has 0 saturated heterocycles. The van der Waals surface area contributed by atoms with Crippen molar-refractivity contribution in [2.24, 2.45) is 5.73 Å². The monoisotopic (exact) mass is 287 g/mol. The second-order valence-electron chi connectivity index (χ2n) is 5.39. The largest absolute Gasteiger partial charge is 0.488 e. The summed E-state index contributed by atoms with van der Waals surface area (Å²) in [5.41, 5.74) is 11.7. The Balaban J connectivity index is 2.21. The van der Waals surface area contributed by atoms with E-state index in [9.17, 15) is 0 Å². The third-order valence-corrected chi connectivity index (χ3v) is 4.09. The Labute approximate surface area is 124 Å². The summed E-state index contributed by atoms with van der Waals surface area (Å²) in [6, 6.07) is 10.3. The lowest BCUT2D eigenvalue weighted by Gasteiger charge is -2.15.